The van der Waals surface area contributed by atoms with Crippen LogP contribution in [0.1, 0.15) is 20.7 Å². The summed E-state index contributed by atoms with van der Waals surface area (Å²) in [6.45, 7) is 0. The van der Waals surface area contributed by atoms with E-state index in [-0.39, 0.29) is 16.1 Å². The Kier molecular flexibility index (Phi) is 4.90. The lowest BCUT2D eigenvalue weighted by molar-refractivity contribution is 0.1000. The molecule has 5 nitrogen and oxygen atoms in total. The SMILES string of the molecule is COc1ccc(C(N)=O)cc1C(=O)Nc1cccc(Cl)c1Cl. The van der Waals surface area contributed by atoms with Crippen molar-refractivity contribution in [3.8, 4) is 5.75 Å². The second-order valence-electron chi connectivity index (χ2n) is 4.33. The third-order valence-corrected chi connectivity index (χ3v) is 3.75. The summed E-state index contributed by atoms with van der Waals surface area (Å²) in [6, 6.07) is 9.19. The number of halogens is 2. The quantitative estimate of drug-likeness (QED) is 0.896. The zero-order chi connectivity index (χ0) is 16.3. The molecular weight excluding hydrogens is 327 g/mol. The van der Waals surface area contributed by atoms with Gasteiger partial charge in [0.2, 0.25) is 5.91 Å². The first-order chi connectivity index (χ1) is 10.4. The standard InChI is InChI=1S/C15H12Cl2N2O3/c1-22-12-6-5-8(14(18)20)7-9(12)15(21)19-11-4-2-3-10(16)13(11)17/h2-7H,1H3,(H2,18,20)(H,19,21). The lowest BCUT2D eigenvalue weighted by Gasteiger charge is -2.11. The Balaban J connectivity index is 2.38. The van der Waals surface area contributed by atoms with Gasteiger partial charge in [-0.25, -0.2) is 0 Å². The summed E-state index contributed by atoms with van der Waals surface area (Å²) in [4.78, 5) is 23.6. The molecule has 2 rings (SSSR count). The van der Waals surface area contributed by atoms with Gasteiger partial charge in [-0.2, -0.15) is 0 Å². The predicted molar refractivity (Wildman–Crippen MR) is 85.9 cm³/mol. The van der Waals surface area contributed by atoms with Crippen molar-refractivity contribution in [1.29, 1.82) is 0 Å². The van der Waals surface area contributed by atoms with E-state index in [2.05, 4.69) is 5.32 Å². The molecule has 2 aromatic rings. The summed E-state index contributed by atoms with van der Waals surface area (Å²) < 4.78 is 5.12. The van der Waals surface area contributed by atoms with Crippen molar-refractivity contribution in [3.05, 3.63) is 57.6 Å². The highest BCUT2D eigenvalue weighted by atomic mass is 35.5. The number of anilines is 1. The van der Waals surface area contributed by atoms with Gasteiger partial charge in [0, 0.05) is 5.56 Å². The molecule has 0 atom stereocenters. The van der Waals surface area contributed by atoms with E-state index in [1.165, 1.54) is 25.3 Å². The van der Waals surface area contributed by atoms with Crippen molar-refractivity contribution in [2.45, 2.75) is 0 Å². The molecule has 0 radical (unpaired) electrons. The summed E-state index contributed by atoms with van der Waals surface area (Å²) in [6.07, 6.45) is 0. The zero-order valence-electron chi connectivity index (χ0n) is 11.5. The molecule has 2 amide bonds. The summed E-state index contributed by atoms with van der Waals surface area (Å²) in [5, 5.41) is 3.16. The monoisotopic (exact) mass is 338 g/mol. The highest BCUT2D eigenvalue weighted by Gasteiger charge is 2.16. The van der Waals surface area contributed by atoms with E-state index in [4.69, 9.17) is 33.7 Å². The van der Waals surface area contributed by atoms with Crippen LogP contribution in [0.15, 0.2) is 36.4 Å². The molecule has 0 saturated carbocycles. The Morgan fingerprint density at radius 1 is 1.18 bits per heavy atom. The largest absolute Gasteiger partial charge is 0.496 e. The van der Waals surface area contributed by atoms with Crippen molar-refractivity contribution in [2.24, 2.45) is 5.73 Å². The Hall–Kier alpha value is -2.24. The molecule has 22 heavy (non-hydrogen) atoms. The van der Waals surface area contributed by atoms with Crippen LogP contribution in [0.3, 0.4) is 0 Å². The number of nitrogens with two attached hydrogens (primary N) is 1. The highest BCUT2D eigenvalue weighted by Crippen LogP contribution is 2.30. The first kappa shape index (κ1) is 16.1. The number of rotatable bonds is 4. The van der Waals surface area contributed by atoms with Crippen LogP contribution in [0.2, 0.25) is 10.0 Å². The van der Waals surface area contributed by atoms with E-state index in [0.717, 1.165) is 0 Å². The van der Waals surface area contributed by atoms with Crippen molar-refractivity contribution < 1.29 is 14.3 Å². The number of carbonyl (C=O) groups excluding carboxylic acids is 2. The second-order valence-corrected chi connectivity index (χ2v) is 5.12. The molecule has 3 N–H and O–H groups in total. The molecule has 0 aliphatic rings. The number of primary amides is 1. The predicted octanol–water partition coefficient (Wildman–Crippen LogP) is 3.35. The molecule has 0 aliphatic carbocycles. The average molecular weight is 339 g/mol. The maximum absolute atomic E-state index is 12.4. The van der Waals surface area contributed by atoms with E-state index in [0.29, 0.717) is 16.5 Å². The third-order valence-electron chi connectivity index (χ3n) is 2.93. The molecule has 0 aromatic heterocycles. The van der Waals surface area contributed by atoms with Gasteiger partial charge < -0.3 is 15.8 Å². The first-order valence-electron chi connectivity index (χ1n) is 6.17. The van der Waals surface area contributed by atoms with Gasteiger partial charge in [-0.3, -0.25) is 9.59 Å². The fourth-order valence-electron chi connectivity index (χ4n) is 1.83. The number of nitrogens with one attached hydrogen (secondary N) is 1. The summed E-state index contributed by atoms with van der Waals surface area (Å²) in [5.41, 5.74) is 5.93. The lowest BCUT2D eigenvalue weighted by Crippen LogP contribution is -2.16. The molecule has 2 aromatic carbocycles. The Morgan fingerprint density at radius 3 is 2.55 bits per heavy atom. The molecule has 0 fully saturated rings. The van der Waals surface area contributed by atoms with Crippen molar-refractivity contribution in [2.75, 3.05) is 12.4 Å². The minimum Gasteiger partial charge on any atom is -0.496 e. The number of carbonyl (C=O) groups is 2. The smallest absolute Gasteiger partial charge is 0.259 e. The zero-order valence-corrected chi connectivity index (χ0v) is 13.0. The Labute approximate surface area is 137 Å². The molecule has 7 heteroatoms. The van der Waals surface area contributed by atoms with Crippen LogP contribution in [0.25, 0.3) is 0 Å². The topological polar surface area (TPSA) is 81.4 Å². The molecule has 0 spiro atoms. The van der Waals surface area contributed by atoms with Gasteiger partial charge in [0.25, 0.3) is 5.91 Å². The Bertz CT molecular complexity index is 748. The van der Waals surface area contributed by atoms with E-state index < -0.39 is 11.8 Å². The molecule has 0 heterocycles. The number of hydrogen-bond acceptors (Lipinski definition) is 3. The van der Waals surface area contributed by atoms with Crippen LogP contribution < -0.4 is 15.8 Å². The minimum absolute atomic E-state index is 0.162. The maximum Gasteiger partial charge on any atom is 0.259 e. The van der Waals surface area contributed by atoms with Crippen molar-refractivity contribution >= 4 is 40.7 Å². The van der Waals surface area contributed by atoms with Gasteiger partial charge in [0.15, 0.2) is 0 Å². The lowest BCUT2D eigenvalue weighted by atomic mass is 10.1. The molecule has 114 valence electrons. The Morgan fingerprint density at radius 2 is 1.91 bits per heavy atom. The van der Waals surface area contributed by atoms with Crippen molar-refractivity contribution in [1.82, 2.24) is 0 Å². The van der Waals surface area contributed by atoms with E-state index >= 15 is 0 Å². The van der Waals surface area contributed by atoms with Crippen LogP contribution in [0.4, 0.5) is 5.69 Å². The fraction of sp³-hybridized carbons (Fsp3) is 0.0667. The normalized spacial score (nSPS) is 10.1. The van der Waals surface area contributed by atoms with Crippen molar-refractivity contribution in [3.63, 3.8) is 0 Å². The highest BCUT2D eigenvalue weighted by molar-refractivity contribution is 6.44. The van der Waals surface area contributed by atoms with E-state index in [1.807, 2.05) is 0 Å². The fourth-order valence-corrected chi connectivity index (χ4v) is 2.18. The number of ether oxygens (including phenoxy) is 1. The van der Waals surface area contributed by atoms with Crippen LogP contribution in [0.5, 0.6) is 5.75 Å². The van der Waals surface area contributed by atoms with Gasteiger partial charge in [-0.05, 0) is 30.3 Å². The third kappa shape index (κ3) is 3.32. The molecular formula is C15H12Cl2N2O3. The second kappa shape index (κ2) is 6.68. The summed E-state index contributed by atoms with van der Waals surface area (Å²) >= 11 is 11.9. The number of benzene rings is 2. The van der Waals surface area contributed by atoms with E-state index in [1.54, 1.807) is 18.2 Å². The van der Waals surface area contributed by atoms with Crippen LogP contribution in [-0.2, 0) is 0 Å². The van der Waals surface area contributed by atoms with Gasteiger partial charge in [-0.15, -0.1) is 0 Å². The van der Waals surface area contributed by atoms with Gasteiger partial charge in [0.05, 0.1) is 28.4 Å². The van der Waals surface area contributed by atoms with Crippen LogP contribution in [0, 0.1) is 0 Å². The molecule has 0 saturated heterocycles. The van der Waals surface area contributed by atoms with Crippen LogP contribution >= 0.6 is 23.2 Å². The minimum atomic E-state index is -0.641. The molecule has 0 aliphatic heterocycles. The summed E-state index contributed by atoms with van der Waals surface area (Å²) in [7, 11) is 1.42. The molecule has 0 unspecified atom stereocenters. The molecule has 0 bridgehead atoms. The van der Waals surface area contributed by atoms with Gasteiger partial charge >= 0.3 is 0 Å². The van der Waals surface area contributed by atoms with Crippen LogP contribution in [-0.4, -0.2) is 18.9 Å². The van der Waals surface area contributed by atoms with Gasteiger partial charge in [0.1, 0.15) is 5.75 Å². The number of hydrogen-bond donors (Lipinski definition) is 2. The van der Waals surface area contributed by atoms with E-state index in [9.17, 15) is 9.59 Å². The number of methoxy groups -OCH3 is 1. The van der Waals surface area contributed by atoms with Gasteiger partial charge in [-0.1, -0.05) is 29.3 Å². The number of amides is 2. The average Bonchev–Trinajstić information content (AvgIpc) is 2.51. The first-order valence-corrected chi connectivity index (χ1v) is 6.93. The maximum atomic E-state index is 12.4. The summed E-state index contributed by atoms with van der Waals surface area (Å²) in [5.74, 6) is -0.831.